The van der Waals surface area contributed by atoms with Crippen LogP contribution in [0, 0.1) is 12.3 Å². The van der Waals surface area contributed by atoms with E-state index >= 15 is 0 Å². The second kappa shape index (κ2) is 5.63. The second-order valence-electron chi connectivity index (χ2n) is 6.34. The number of carbonyl (C=O) groups is 1. The van der Waals surface area contributed by atoms with Crippen molar-refractivity contribution < 1.29 is 9.90 Å². The molecule has 2 N–H and O–H groups in total. The Balaban J connectivity index is 1.93. The lowest BCUT2D eigenvalue weighted by Crippen LogP contribution is -2.36. The Hall–Kier alpha value is -0.870. The number of hydrogen-bond acceptors (Lipinski definition) is 3. The van der Waals surface area contributed by atoms with Crippen molar-refractivity contribution in [2.75, 3.05) is 0 Å². The van der Waals surface area contributed by atoms with Crippen LogP contribution in [0.15, 0.2) is 6.07 Å². The molecule has 0 aliphatic heterocycles. The lowest BCUT2D eigenvalue weighted by Gasteiger charge is -2.35. The van der Waals surface area contributed by atoms with Crippen LogP contribution in [0.5, 0.6) is 0 Å². The third-order valence-corrected chi connectivity index (χ3v) is 5.10. The molecule has 0 aromatic carbocycles. The maximum atomic E-state index is 10.9. The fraction of sp³-hybridized carbons (Fsp3) is 0.667. The van der Waals surface area contributed by atoms with Crippen LogP contribution in [0.2, 0.25) is 0 Å². The number of aryl methyl sites for hydroxylation is 1. The van der Waals surface area contributed by atoms with Crippen molar-refractivity contribution in [3.05, 3.63) is 21.4 Å². The standard InChI is InChI=1S/C15H23NO2S/c1-10-11(7-13(19-10)14(17)18)9-16-12-5-4-6-15(2,3)8-12/h7,12,16H,4-6,8-9H2,1-3H3,(H,17,18). The highest BCUT2D eigenvalue weighted by Gasteiger charge is 2.27. The van der Waals surface area contributed by atoms with Crippen LogP contribution in [0.1, 0.15) is 59.6 Å². The van der Waals surface area contributed by atoms with Gasteiger partial charge in [-0.1, -0.05) is 20.3 Å². The third-order valence-electron chi connectivity index (χ3n) is 4.02. The molecule has 0 bridgehead atoms. The molecule has 1 saturated carbocycles. The minimum absolute atomic E-state index is 0.436. The fourth-order valence-electron chi connectivity index (χ4n) is 2.93. The highest BCUT2D eigenvalue weighted by atomic mass is 32.1. The lowest BCUT2D eigenvalue weighted by atomic mass is 9.75. The molecule has 0 amide bonds. The van der Waals surface area contributed by atoms with Gasteiger partial charge in [0.15, 0.2) is 0 Å². The van der Waals surface area contributed by atoms with Gasteiger partial charge in [-0.05, 0) is 43.2 Å². The molecule has 1 fully saturated rings. The maximum absolute atomic E-state index is 10.9. The molecule has 106 valence electrons. The zero-order valence-corrected chi connectivity index (χ0v) is 12.8. The van der Waals surface area contributed by atoms with Gasteiger partial charge in [-0.2, -0.15) is 0 Å². The van der Waals surface area contributed by atoms with Crippen molar-refractivity contribution in [1.82, 2.24) is 5.32 Å². The molecule has 1 atom stereocenters. The van der Waals surface area contributed by atoms with E-state index in [1.165, 1.54) is 37.0 Å². The zero-order chi connectivity index (χ0) is 14.0. The third kappa shape index (κ3) is 3.80. The second-order valence-corrected chi connectivity index (χ2v) is 7.59. The molecule has 3 nitrogen and oxygen atoms in total. The summed E-state index contributed by atoms with van der Waals surface area (Å²) in [6.45, 7) is 7.45. The number of thiophene rings is 1. The molecule has 2 rings (SSSR count). The molecular formula is C15H23NO2S. The van der Waals surface area contributed by atoms with Crippen LogP contribution in [-0.4, -0.2) is 17.1 Å². The number of aromatic carboxylic acids is 1. The summed E-state index contributed by atoms with van der Waals surface area (Å²) in [7, 11) is 0. The summed E-state index contributed by atoms with van der Waals surface area (Å²) in [5.41, 5.74) is 1.57. The van der Waals surface area contributed by atoms with Crippen molar-refractivity contribution in [2.45, 2.75) is 59.0 Å². The summed E-state index contributed by atoms with van der Waals surface area (Å²) >= 11 is 1.37. The summed E-state index contributed by atoms with van der Waals surface area (Å²) in [4.78, 5) is 12.5. The van der Waals surface area contributed by atoms with E-state index in [4.69, 9.17) is 5.11 Å². The van der Waals surface area contributed by atoms with E-state index in [0.717, 1.165) is 17.0 Å². The molecular weight excluding hydrogens is 258 g/mol. The van der Waals surface area contributed by atoms with E-state index in [1.807, 2.05) is 13.0 Å². The quantitative estimate of drug-likeness (QED) is 0.882. The number of nitrogens with one attached hydrogen (secondary N) is 1. The maximum Gasteiger partial charge on any atom is 0.345 e. The van der Waals surface area contributed by atoms with Crippen LogP contribution >= 0.6 is 11.3 Å². The Morgan fingerprint density at radius 3 is 2.89 bits per heavy atom. The Morgan fingerprint density at radius 2 is 2.32 bits per heavy atom. The molecule has 0 saturated heterocycles. The smallest absolute Gasteiger partial charge is 0.345 e. The molecule has 19 heavy (non-hydrogen) atoms. The minimum atomic E-state index is -0.821. The number of carboxylic acid groups (broad SMARTS) is 1. The first-order valence-corrected chi connectivity index (χ1v) is 7.75. The minimum Gasteiger partial charge on any atom is -0.477 e. The Labute approximate surface area is 119 Å². The molecule has 0 spiro atoms. The number of rotatable bonds is 4. The van der Waals surface area contributed by atoms with Gasteiger partial charge in [-0.15, -0.1) is 11.3 Å². The van der Waals surface area contributed by atoms with Crippen molar-refractivity contribution in [3.63, 3.8) is 0 Å². The Kier molecular flexibility index (Phi) is 4.31. The zero-order valence-electron chi connectivity index (χ0n) is 12.0. The van der Waals surface area contributed by atoms with Gasteiger partial charge in [0, 0.05) is 17.5 Å². The predicted octanol–water partition coefficient (Wildman–Crippen LogP) is 3.81. The van der Waals surface area contributed by atoms with E-state index < -0.39 is 5.97 Å². The molecule has 1 aromatic rings. The molecule has 1 heterocycles. The van der Waals surface area contributed by atoms with Crippen molar-refractivity contribution in [1.29, 1.82) is 0 Å². The first kappa shape index (κ1) is 14.5. The summed E-state index contributed by atoms with van der Waals surface area (Å²) in [5, 5.41) is 12.6. The summed E-state index contributed by atoms with van der Waals surface area (Å²) < 4.78 is 0. The van der Waals surface area contributed by atoms with Gasteiger partial charge in [-0.3, -0.25) is 0 Å². The van der Waals surface area contributed by atoms with Gasteiger partial charge in [0.1, 0.15) is 4.88 Å². The van der Waals surface area contributed by atoms with Crippen LogP contribution in [0.3, 0.4) is 0 Å². The molecule has 1 unspecified atom stereocenters. The van der Waals surface area contributed by atoms with Gasteiger partial charge in [0.25, 0.3) is 0 Å². The highest BCUT2D eigenvalue weighted by molar-refractivity contribution is 7.14. The van der Waals surface area contributed by atoms with E-state index in [1.54, 1.807) is 0 Å². The van der Waals surface area contributed by atoms with Gasteiger partial charge >= 0.3 is 5.97 Å². The summed E-state index contributed by atoms with van der Waals surface area (Å²) in [6.07, 6.45) is 5.04. The van der Waals surface area contributed by atoms with E-state index in [-0.39, 0.29) is 0 Å². The first-order valence-electron chi connectivity index (χ1n) is 6.93. The SMILES string of the molecule is Cc1sc(C(=O)O)cc1CNC1CCCC(C)(C)C1. The lowest BCUT2D eigenvalue weighted by molar-refractivity contribution is 0.0702. The molecule has 1 aliphatic rings. The average Bonchev–Trinajstić information content (AvgIpc) is 2.67. The van der Waals surface area contributed by atoms with Crippen molar-refractivity contribution >= 4 is 17.3 Å². The molecule has 0 radical (unpaired) electrons. The van der Waals surface area contributed by atoms with Crippen LogP contribution in [0.4, 0.5) is 0 Å². The van der Waals surface area contributed by atoms with E-state index in [2.05, 4.69) is 19.2 Å². The van der Waals surface area contributed by atoms with Gasteiger partial charge in [-0.25, -0.2) is 4.79 Å². The summed E-state index contributed by atoms with van der Waals surface area (Å²) in [5.74, 6) is -0.821. The first-order chi connectivity index (χ1) is 8.87. The highest BCUT2D eigenvalue weighted by Crippen LogP contribution is 2.35. The number of hydrogen-bond donors (Lipinski definition) is 2. The van der Waals surface area contributed by atoms with Gasteiger partial charge in [0.2, 0.25) is 0 Å². The molecule has 4 heteroatoms. The fourth-order valence-corrected chi connectivity index (χ4v) is 3.81. The van der Waals surface area contributed by atoms with E-state index in [9.17, 15) is 4.79 Å². The summed E-state index contributed by atoms with van der Waals surface area (Å²) in [6, 6.07) is 2.37. The Bertz CT molecular complexity index is 465. The largest absolute Gasteiger partial charge is 0.477 e. The average molecular weight is 281 g/mol. The van der Waals surface area contributed by atoms with Crippen LogP contribution in [0.25, 0.3) is 0 Å². The van der Waals surface area contributed by atoms with Gasteiger partial charge < -0.3 is 10.4 Å². The number of carboxylic acids is 1. The Morgan fingerprint density at radius 1 is 1.58 bits per heavy atom. The van der Waals surface area contributed by atoms with Crippen molar-refractivity contribution in [3.8, 4) is 0 Å². The molecule has 1 aliphatic carbocycles. The van der Waals surface area contributed by atoms with Gasteiger partial charge in [0.05, 0.1) is 0 Å². The van der Waals surface area contributed by atoms with Crippen LogP contribution < -0.4 is 5.32 Å². The monoisotopic (exact) mass is 281 g/mol. The van der Waals surface area contributed by atoms with E-state index in [0.29, 0.717) is 16.3 Å². The predicted molar refractivity (Wildman–Crippen MR) is 78.9 cm³/mol. The van der Waals surface area contributed by atoms with Crippen molar-refractivity contribution in [2.24, 2.45) is 5.41 Å². The topological polar surface area (TPSA) is 49.3 Å². The normalized spacial score (nSPS) is 22.4. The van der Waals surface area contributed by atoms with Crippen LogP contribution in [-0.2, 0) is 6.54 Å². The molecule has 1 aromatic heterocycles.